The molecular weight excluding hydrogens is 186 g/mol. The van der Waals surface area contributed by atoms with Gasteiger partial charge in [-0.2, -0.15) is 0 Å². The van der Waals surface area contributed by atoms with Gasteiger partial charge in [-0.25, -0.2) is 0 Å². The molecule has 0 atom stereocenters. The monoisotopic (exact) mass is 205 g/mol. The lowest BCUT2D eigenvalue weighted by atomic mass is 9.78. The van der Waals surface area contributed by atoms with Gasteiger partial charge in [0.15, 0.2) is 0 Å². The zero-order valence-corrected chi connectivity index (χ0v) is 9.36. The third-order valence-electron chi connectivity index (χ3n) is 2.62. The second kappa shape index (κ2) is 5.18. The van der Waals surface area contributed by atoms with Crippen molar-refractivity contribution in [3.8, 4) is 0 Å². The van der Waals surface area contributed by atoms with Gasteiger partial charge in [0.2, 0.25) is 0 Å². The van der Waals surface area contributed by atoms with Crippen LogP contribution >= 0.6 is 11.6 Å². The second-order valence-corrected chi connectivity index (χ2v) is 4.38. The first-order valence-corrected chi connectivity index (χ1v) is 5.65. The molecule has 1 aliphatic rings. The molecular formula is C10H20ClNO. The summed E-state index contributed by atoms with van der Waals surface area (Å²) in [7, 11) is 0. The molecule has 1 rings (SSSR count). The maximum absolute atomic E-state index is 5.90. The Labute approximate surface area is 86.0 Å². The van der Waals surface area contributed by atoms with Crippen LogP contribution in [0, 0.1) is 0 Å². The third-order valence-corrected chi connectivity index (χ3v) is 3.13. The van der Waals surface area contributed by atoms with Crippen molar-refractivity contribution < 1.29 is 4.74 Å². The number of hydrogen-bond acceptors (Lipinski definition) is 2. The van der Waals surface area contributed by atoms with Crippen LogP contribution in [0.2, 0.25) is 0 Å². The number of alkyl halides is 1. The van der Waals surface area contributed by atoms with E-state index in [1.165, 1.54) is 19.3 Å². The second-order valence-electron chi connectivity index (χ2n) is 4.11. The molecule has 1 aliphatic carbocycles. The number of nitrogens with one attached hydrogen (secondary N) is 1. The molecule has 78 valence electrons. The number of ether oxygens (including phenoxy) is 1. The summed E-state index contributed by atoms with van der Waals surface area (Å²) in [5.41, 5.74) is 0.238. The van der Waals surface area contributed by atoms with Gasteiger partial charge in [-0.05, 0) is 33.1 Å². The predicted molar refractivity (Wildman–Crippen MR) is 56.4 cm³/mol. The summed E-state index contributed by atoms with van der Waals surface area (Å²) in [6.45, 7) is 5.82. The van der Waals surface area contributed by atoms with E-state index >= 15 is 0 Å². The van der Waals surface area contributed by atoms with E-state index in [1.54, 1.807) is 0 Å². The van der Waals surface area contributed by atoms with E-state index < -0.39 is 0 Å². The quantitative estimate of drug-likeness (QED) is 0.530. The summed E-state index contributed by atoms with van der Waals surface area (Å²) < 4.78 is 5.44. The molecule has 1 saturated carbocycles. The molecule has 0 heterocycles. The van der Waals surface area contributed by atoms with Crippen LogP contribution in [0.4, 0.5) is 0 Å². The Balaban J connectivity index is 2.04. The first-order valence-electron chi connectivity index (χ1n) is 5.11. The average Bonchev–Trinajstić information content (AvgIpc) is 2.01. The molecule has 0 aromatic heterocycles. The van der Waals surface area contributed by atoms with Gasteiger partial charge in [0.1, 0.15) is 0 Å². The van der Waals surface area contributed by atoms with Crippen molar-refractivity contribution in [3.05, 3.63) is 0 Å². The van der Waals surface area contributed by atoms with Crippen molar-refractivity contribution in [2.24, 2.45) is 0 Å². The van der Waals surface area contributed by atoms with E-state index in [4.69, 9.17) is 16.3 Å². The Hall–Kier alpha value is 0.210. The topological polar surface area (TPSA) is 21.3 Å². The van der Waals surface area contributed by atoms with E-state index in [0.717, 1.165) is 19.0 Å². The minimum Gasteiger partial charge on any atom is -0.377 e. The van der Waals surface area contributed by atoms with Gasteiger partial charge in [-0.15, -0.1) is 11.6 Å². The molecule has 0 unspecified atom stereocenters. The van der Waals surface area contributed by atoms with Crippen molar-refractivity contribution in [3.63, 3.8) is 0 Å². The summed E-state index contributed by atoms with van der Waals surface area (Å²) in [6.07, 6.45) is 4.08. The van der Waals surface area contributed by atoms with Crippen LogP contribution in [0.3, 0.4) is 0 Å². The highest BCUT2D eigenvalue weighted by Gasteiger charge is 2.35. The SMILES string of the molecule is CC(C)OCCNC1(CCl)CCC1. The Kier molecular flexibility index (Phi) is 4.50. The van der Waals surface area contributed by atoms with Gasteiger partial charge in [-0.3, -0.25) is 0 Å². The Morgan fingerprint density at radius 2 is 2.15 bits per heavy atom. The lowest BCUT2D eigenvalue weighted by molar-refractivity contribution is 0.0712. The maximum atomic E-state index is 5.90. The molecule has 1 N–H and O–H groups in total. The molecule has 0 aromatic carbocycles. The normalized spacial score (nSPS) is 20.3. The summed E-state index contributed by atoms with van der Waals surface area (Å²) in [4.78, 5) is 0. The van der Waals surface area contributed by atoms with Crippen LogP contribution in [-0.2, 0) is 4.74 Å². The molecule has 13 heavy (non-hydrogen) atoms. The van der Waals surface area contributed by atoms with Gasteiger partial charge in [-0.1, -0.05) is 0 Å². The highest BCUT2D eigenvalue weighted by molar-refractivity contribution is 6.18. The summed E-state index contributed by atoms with van der Waals surface area (Å²) in [5.74, 6) is 0.731. The van der Waals surface area contributed by atoms with Crippen LogP contribution in [0.5, 0.6) is 0 Å². The van der Waals surface area contributed by atoms with Gasteiger partial charge >= 0.3 is 0 Å². The molecule has 3 heteroatoms. The van der Waals surface area contributed by atoms with E-state index in [0.29, 0.717) is 6.10 Å². The number of halogens is 1. The molecule has 1 fully saturated rings. The van der Waals surface area contributed by atoms with Crippen molar-refractivity contribution in [1.82, 2.24) is 5.32 Å². The minimum absolute atomic E-state index is 0.238. The summed E-state index contributed by atoms with van der Waals surface area (Å²) in [5, 5.41) is 3.48. The van der Waals surface area contributed by atoms with Gasteiger partial charge < -0.3 is 10.1 Å². The molecule has 0 bridgehead atoms. The van der Waals surface area contributed by atoms with Gasteiger partial charge in [0.25, 0.3) is 0 Å². The molecule has 0 aromatic rings. The van der Waals surface area contributed by atoms with E-state index in [-0.39, 0.29) is 5.54 Å². The molecule has 2 nitrogen and oxygen atoms in total. The third kappa shape index (κ3) is 3.45. The van der Waals surface area contributed by atoms with Crippen LogP contribution < -0.4 is 5.32 Å². The maximum Gasteiger partial charge on any atom is 0.0594 e. The molecule has 0 radical (unpaired) electrons. The molecule has 0 aliphatic heterocycles. The lowest BCUT2D eigenvalue weighted by Crippen LogP contribution is -2.53. The average molecular weight is 206 g/mol. The Morgan fingerprint density at radius 3 is 2.54 bits per heavy atom. The highest BCUT2D eigenvalue weighted by atomic mass is 35.5. The lowest BCUT2D eigenvalue weighted by Gasteiger charge is -2.41. The van der Waals surface area contributed by atoms with Crippen LogP contribution in [0.25, 0.3) is 0 Å². The van der Waals surface area contributed by atoms with Crippen molar-refractivity contribution in [1.29, 1.82) is 0 Å². The zero-order valence-electron chi connectivity index (χ0n) is 8.61. The number of hydrogen-bond donors (Lipinski definition) is 1. The molecule has 0 amide bonds. The zero-order chi connectivity index (χ0) is 9.73. The molecule has 0 saturated heterocycles. The van der Waals surface area contributed by atoms with Crippen LogP contribution in [0.15, 0.2) is 0 Å². The Morgan fingerprint density at radius 1 is 1.46 bits per heavy atom. The summed E-state index contributed by atoms with van der Waals surface area (Å²) in [6, 6.07) is 0. The fraction of sp³-hybridized carbons (Fsp3) is 1.00. The number of rotatable bonds is 6. The first-order chi connectivity index (χ1) is 6.18. The van der Waals surface area contributed by atoms with Crippen LogP contribution in [0.1, 0.15) is 33.1 Å². The van der Waals surface area contributed by atoms with Crippen LogP contribution in [-0.4, -0.2) is 30.7 Å². The molecule has 0 spiro atoms. The standard InChI is InChI=1S/C10H20ClNO/c1-9(2)13-7-6-12-10(8-11)4-3-5-10/h9,12H,3-8H2,1-2H3. The van der Waals surface area contributed by atoms with Crippen molar-refractivity contribution in [2.75, 3.05) is 19.0 Å². The van der Waals surface area contributed by atoms with Gasteiger partial charge in [0.05, 0.1) is 12.7 Å². The first kappa shape index (κ1) is 11.3. The van der Waals surface area contributed by atoms with Gasteiger partial charge in [0, 0.05) is 18.0 Å². The van der Waals surface area contributed by atoms with Crippen molar-refractivity contribution in [2.45, 2.75) is 44.8 Å². The smallest absolute Gasteiger partial charge is 0.0594 e. The summed E-state index contributed by atoms with van der Waals surface area (Å²) >= 11 is 5.90. The van der Waals surface area contributed by atoms with E-state index in [2.05, 4.69) is 19.2 Å². The Bertz CT molecular complexity index is 140. The van der Waals surface area contributed by atoms with Crippen molar-refractivity contribution >= 4 is 11.6 Å². The van der Waals surface area contributed by atoms with E-state index in [9.17, 15) is 0 Å². The largest absolute Gasteiger partial charge is 0.377 e. The predicted octanol–water partition coefficient (Wildman–Crippen LogP) is 2.16. The fourth-order valence-corrected chi connectivity index (χ4v) is 1.93. The highest BCUT2D eigenvalue weighted by Crippen LogP contribution is 2.32. The fourth-order valence-electron chi connectivity index (χ4n) is 1.57. The van der Waals surface area contributed by atoms with E-state index in [1.807, 2.05) is 0 Å². The minimum atomic E-state index is 0.238.